The molecule has 2 rings (SSSR count). The first-order valence-electron chi connectivity index (χ1n) is 9.94. The number of morpholine rings is 1. The molecule has 1 N–H and O–H groups in total. The van der Waals surface area contributed by atoms with E-state index < -0.39 is 5.60 Å². The maximum Gasteiger partial charge on any atom is 0.119 e. The zero-order chi connectivity index (χ0) is 18.0. The van der Waals surface area contributed by atoms with Crippen LogP contribution in [0.5, 0.6) is 5.75 Å². The van der Waals surface area contributed by atoms with Crippen LogP contribution in [0.15, 0.2) is 24.3 Å². The van der Waals surface area contributed by atoms with E-state index in [4.69, 9.17) is 9.47 Å². The molecule has 1 unspecified atom stereocenters. The highest BCUT2D eigenvalue weighted by Crippen LogP contribution is 2.32. The quantitative estimate of drug-likeness (QED) is 0.614. The van der Waals surface area contributed by atoms with Crippen LogP contribution < -0.4 is 4.74 Å². The van der Waals surface area contributed by atoms with Crippen molar-refractivity contribution in [3.8, 4) is 5.75 Å². The predicted molar refractivity (Wildman–Crippen MR) is 102 cm³/mol. The number of hydrogen-bond donors (Lipinski definition) is 1. The lowest BCUT2D eigenvalue weighted by Crippen LogP contribution is -2.40. The van der Waals surface area contributed by atoms with Crippen LogP contribution >= 0.6 is 0 Å². The van der Waals surface area contributed by atoms with Crippen LogP contribution in [0.1, 0.15) is 57.9 Å². The summed E-state index contributed by atoms with van der Waals surface area (Å²) in [6, 6.07) is 8.06. The van der Waals surface area contributed by atoms with Crippen molar-refractivity contribution in [2.24, 2.45) is 0 Å². The summed E-state index contributed by atoms with van der Waals surface area (Å²) in [5, 5.41) is 11.3. The van der Waals surface area contributed by atoms with Crippen LogP contribution in [0, 0.1) is 0 Å². The van der Waals surface area contributed by atoms with Crippen molar-refractivity contribution in [3.63, 3.8) is 0 Å². The summed E-state index contributed by atoms with van der Waals surface area (Å²) in [4.78, 5) is 2.38. The van der Waals surface area contributed by atoms with E-state index in [0.29, 0.717) is 0 Å². The van der Waals surface area contributed by atoms with Gasteiger partial charge in [0.2, 0.25) is 0 Å². The zero-order valence-electron chi connectivity index (χ0n) is 16.0. The third kappa shape index (κ3) is 6.61. The molecule has 1 heterocycles. The molecule has 4 heteroatoms. The van der Waals surface area contributed by atoms with E-state index in [0.717, 1.165) is 76.5 Å². The van der Waals surface area contributed by atoms with Crippen molar-refractivity contribution >= 4 is 0 Å². The Hall–Kier alpha value is -1.10. The van der Waals surface area contributed by atoms with Crippen molar-refractivity contribution in [2.75, 3.05) is 39.5 Å². The fraction of sp³-hybridized carbons (Fsp3) is 0.714. The monoisotopic (exact) mass is 349 g/mol. The average Bonchev–Trinajstić information content (AvgIpc) is 2.65. The van der Waals surface area contributed by atoms with Gasteiger partial charge in [0.15, 0.2) is 0 Å². The lowest BCUT2D eigenvalue weighted by atomic mass is 9.86. The maximum atomic E-state index is 11.3. The Morgan fingerprint density at radius 1 is 1.04 bits per heavy atom. The van der Waals surface area contributed by atoms with Gasteiger partial charge >= 0.3 is 0 Å². The standard InChI is InChI=1S/C21H35NO3/c1-3-5-6-16-25-20-9-7-19(8-10-20)21(23,11-4-2)12-13-22-14-17-24-18-15-22/h7-10,23H,3-6,11-18H2,1-2H3. The molecule has 0 bridgehead atoms. The number of ether oxygens (including phenoxy) is 2. The molecular weight excluding hydrogens is 314 g/mol. The number of rotatable bonds is 11. The summed E-state index contributed by atoms with van der Waals surface area (Å²) in [6.45, 7) is 9.54. The molecular formula is C21H35NO3. The van der Waals surface area contributed by atoms with Gasteiger partial charge in [-0.05, 0) is 37.0 Å². The van der Waals surface area contributed by atoms with Crippen molar-refractivity contribution in [1.82, 2.24) is 4.90 Å². The minimum Gasteiger partial charge on any atom is -0.494 e. The molecule has 0 radical (unpaired) electrons. The highest BCUT2D eigenvalue weighted by Gasteiger charge is 2.29. The van der Waals surface area contributed by atoms with E-state index in [1.54, 1.807) is 0 Å². The fourth-order valence-electron chi connectivity index (χ4n) is 3.40. The van der Waals surface area contributed by atoms with Gasteiger partial charge < -0.3 is 14.6 Å². The summed E-state index contributed by atoms with van der Waals surface area (Å²) in [6.07, 6.45) is 6.02. The summed E-state index contributed by atoms with van der Waals surface area (Å²) in [5.74, 6) is 0.895. The first-order chi connectivity index (χ1) is 12.2. The minimum atomic E-state index is -0.756. The molecule has 1 atom stereocenters. The van der Waals surface area contributed by atoms with Crippen LogP contribution in [0.2, 0.25) is 0 Å². The third-order valence-corrected chi connectivity index (χ3v) is 5.02. The lowest BCUT2D eigenvalue weighted by molar-refractivity contribution is -0.0103. The first kappa shape index (κ1) is 20.2. The number of unbranched alkanes of at least 4 members (excludes halogenated alkanes) is 2. The van der Waals surface area contributed by atoms with E-state index in [9.17, 15) is 5.11 Å². The molecule has 1 fully saturated rings. The van der Waals surface area contributed by atoms with Crippen molar-refractivity contribution in [1.29, 1.82) is 0 Å². The van der Waals surface area contributed by atoms with Crippen molar-refractivity contribution < 1.29 is 14.6 Å². The van der Waals surface area contributed by atoms with E-state index in [-0.39, 0.29) is 0 Å². The fourth-order valence-corrected chi connectivity index (χ4v) is 3.40. The second-order valence-corrected chi connectivity index (χ2v) is 7.07. The minimum absolute atomic E-state index is 0.756. The van der Waals surface area contributed by atoms with Crippen LogP contribution in [-0.4, -0.2) is 49.5 Å². The largest absolute Gasteiger partial charge is 0.494 e. The number of hydrogen-bond acceptors (Lipinski definition) is 4. The Balaban J connectivity index is 1.92. The molecule has 1 aromatic carbocycles. The zero-order valence-corrected chi connectivity index (χ0v) is 16.0. The number of nitrogens with zero attached hydrogens (tertiary/aromatic N) is 1. The van der Waals surface area contributed by atoms with E-state index in [1.165, 1.54) is 12.8 Å². The van der Waals surface area contributed by atoms with Crippen molar-refractivity contribution in [2.45, 2.75) is 58.0 Å². The molecule has 0 saturated carbocycles. The van der Waals surface area contributed by atoms with Gasteiger partial charge in [0, 0.05) is 19.6 Å². The van der Waals surface area contributed by atoms with E-state index >= 15 is 0 Å². The summed E-state index contributed by atoms with van der Waals surface area (Å²) < 4.78 is 11.2. The van der Waals surface area contributed by atoms with Gasteiger partial charge in [0.05, 0.1) is 25.4 Å². The molecule has 1 aliphatic rings. The SMILES string of the molecule is CCCCCOc1ccc(C(O)(CCC)CCN2CCOCC2)cc1. The van der Waals surface area contributed by atoms with E-state index in [2.05, 4.69) is 18.7 Å². The molecule has 25 heavy (non-hydrogen) atoms. The Bertz CT molecular complexity index is 471. The van der Waals surface area contributed by atoms with Gasteiger partial charge in [-0.2, -0.15) is 0 Å². The van der Waals surface area contributed by atoms with Gasteiger partial charge in [-0.15, -0.1) is 0 Å². The first-order valence-corrected chi connectivity index (χ1v) is 9.94. The van der Waals surface area contributed by atoms with Gasteiger partial charge in [0.25, 0.3) is 0 Å². The topological polar surface area (TPSA) is 41.9 Å². The molecule has 0 spiro atoms. The predicted octanol–water partition coefficient (Wildman–Crippen LogP) is 3.97. The molecule has 1 saturated heterocycles. The second-order valence-electron chi connectivity index (χ2n) is 7.07. The van der Waals surface area contributed by atoms with E-state index in [1.807, 2.05) is 24.3 Å². The average molecular weight is 350 g/mol. The summed E-state index contributed by atoms with van der Waals surface area (Å²) >= 11 is 0. The molecule has 1 aliphatic heterocycles. The van der Waals surface area contributed by atoms with Crippen molar-refractivity contribution in [3.05, 3.63) is 29.8 Å². The Morgan fingerprint density at radius 2 is 1.76 bits per heavy atom. The smallest absolute Gasteiger partial charge is 0.119 e. The molecule has 1 aromatic rings. The Labute approximate surface area is 153 Å². The Morgan fingerprint density at radius 3 is 2.40 bits per heavy atom. The molecule has 0 aromatic heterocycles. The maximum absolute atomic E-state index is 11.3. The summed E-state index contributed by atoms with van der Waals surface area (Å²) in [5.41, 5.74) is 0.247. The van der Waals surface area contributed by atoms with Crippen LogP contribution in [0.25, 0.3) is 0 Å². The molecule has 0 amide bonds. The normalized spacial score (nSPS) is 18.0. The van der Waals surface area contributed by atoms with Gasteiger partial charge in [-0.1, -0.05) is 45.2 Å². The third-order valence-electron chi connectivity index (χ3n) is 5.02. The number of aliphatic hydroxyl groups is 1. The molecule has 142 valence electrons. The molecule has 0 aliphatic carbocycles. The number of benzene rings is 1. The van der Waals surface area contributed by atoms with Gasteiger partial charge in [-0.25, -0.2) is 0 Å². The van der Waals surface area contributed by atoms with Crippen LogP contribution in [0.3, 0.4) is 0 Å². The van der Waals surface area contributed by atoms with Crippen LogP contribution in [0.4, 0.5) is 0 Å². The lowest BCUT2D eigenvalue weighted by Gasteiger charge is -2.33. The Kier molecular flexibility index (Phi) is 8.73. The second kappa shape index (κ2) is 10.8. The molecule has 4 nitrogen and oxygen atoms in total. The van der Waals surface area contributed by atoms with Gasteiger partial charge in [-0.3, -0.25) is 4.90 Å². The van der Waals surface area contributed by atoms with Gasteiger partial charge in [0.1, 0.15) is 5.75 Å². The highest BCUT2D eigenvalue weighted by atomic mass is 16.5. The highest BCUT2D eigenvalue weighted by molar-refractivity contribution is 5.31. The van der Waals surface area contributed by atoms with Crippen LogP contribution in [-0.2, 0) is 10.3 Å². The summed E-state index contributed by atoms with van der Waals surface area (Å²) in [7, 11) is 0.